The van der Waals surface area contributed by atoms with Crippen LogP contribution in [0.5, 0.6) is 0 Å². The van der Waals surface area contributed by atoms with Crippen molar-refractivity contribution < 1.29 is 0 Å². The van der Waals surface area contributed by atoms with Gasteiger partial charge in [0.05, 0.1) is 0 Å². The molecule has 1 unspecified atom stereocenters. The number of hydrogen-bond acceptors (Lipinski definition) is 4. The number of nitrogens with zero attached hydrogens (tertiary/aromatic N) is 4. The van der Waals surface area contributed by atoms with E-state index in [1.54, 1.807) is 7.05 Å². The van der Waals surface area contributed by atoms with Gasteiger partial charge in [-0.1, -0.05) is 26.7 Å². The molecule has 0 aliphatic carbocycles. The molecule has 0 spiro atoms. The Labute approximate surface area is 130 Å². The van der Waals surface area contributed by atoms with E-state index < -0.39 is 5.56 Å². The Bertz CT molecular complexity index is 707. The van der Waals surface area contributed by atoms with Gasteiger partial charge in [-0.25, -0.2) is 4.79 Å². The zero-order valence-electron chi connectivity index (χ0n) is 13.8. The summed E-state index contributed by atoms with van der Waals surface area (Å²) in [5.74, 6) is 1.68. The first-order chi connectivity index (χ1) is 10.5. The molecule has 1 aliphatic heterocycles. The molecule has 6 heteroatoms. The molecular formula is C16H24N4O2. The Morgan fingerprint density at radius 1 is 1.23 bits per heavy atom. The van der Waals surface area contributed by atoms with Gasteiger partial charge in [-0.15, -0.1) is 0 Å². The fourth-order valence-corrected chi connectivity index (χ4v) is 3.62. The minimum absolute atomic E-state index is 0.0646. The second-order valence-corrected chi connectivity index (χ2v) is 6.09. The highest BCUT2D eigenvalue weighted by atomic mass is 16.2. The fourth-order valence-electron chi connectivity index (χ4n) is 3.62. The molecule has 22 heavy (non-hydrogen) atoms. The molecule has 0 amide bonds. The van der Waals surface area contributed by atoms with Crippen molar-refractivity contribution >= 4 is 5.82 Å². The topological polar surface area (TPSA) is 71.0 Å². The van der Waals surface area contributed by atoms with Crippen LogP contribution in [0.4, 0.5) is 5.82 Å². The van der Waals surface area contributed by atoms with Crippen molar-refractivity contribution in [2.75, 3.05) is 18.0 Å². The van der Waals surface area contributed by atoms with Crippen LogP contribution in [0.2, 0.25) is 0 Å². The average Bonchev–Trinajstić information content (AvgIpc) is 2.99. The van der Waals surface area contributed by atoms with Gasteiger partial charge >= 0.3 is 5.69 Å². The molecule has 0 radical (unpaired) electrons. The summed E-state index contributed by atoms with van der Waals surface area (Å²) in [6, 6.07) is 1.99. The van der Waals surface area contributed by atoms with Gasteiger partial charge in [0.15, 0.2) is 5.56 Å². The van der Waals surface area contributed by atoms with E-state index in [1.165, 1.54) is 11.6 Å². The highest BCUT2D eigenvalue weighted by molar-refractivity contribution is 5.54. The van der Waals surface area contributed by atoms with Crippen LogP contribution in [0.1, 0.15) is 38.7 Å². The van der Waals surface area contributed by atoms with Crippen LogP contribution in [0.25, 0.3) is 0 Å². The summed E-state index contributed by atoms with van der Waals surface area (Å²) in [6.45, 7) is 5.99. The SMILES string of the molecule is CCC(CC)C1CCN(c2c(C#N)c(=O)n(C)c(=O)n2C)C1. The maximum Gasteiger partial charge on any atom is 0.332 e. The van der Waals surface area contributed by atoms with Gasteiger partial charge in [0.1, 0.15) is 11.9 Å². The maximum atomic E-state index is 12.2. The summed E-state index contributed by atoms with van der Waals surface area (Å²) in [5.41, 5.74) is -0.827. The molecule has 120 valence electrons. The summed E-state index contributed by atoms with van der Waals surface area (Å²) in [5, 5.41) is 9.36. The van der Waals surface area contributed by atoms with Crippen LogP contribution in [0.15, 0.2) is 9.59 Å². The van der Waals surface area contributed by atoms with Gasteiger partial charge in [0.2, 0.25) is 0 Å². The van der Waals surface area contributed by atoms with Crippen LogP contribution < -0.4 is 16.1 Å². The number of rotatable bonds is 4. The first-order valence-electron chi connectivity index (χ1n) is 7.91. The molecule has 0 saturated carbocycles. The normalized spacial score (nSPS) is 18.0. The quantitative estimate of drug-likeness (QED) is 0.838. The Kier molecular flexibility index (Phi) is 4.74. The summed E-state index contributed by atoms with van der Waals surface area (Å²) < 4.78 is 2.42. The lowest BCUT2D eigenvalue weighted by Gasteiger charge is -2.25. The van der Waals surface area contributed by atoms with Crippen LogP contribution in [0, 0.1) is 23.2 Å². The van der Waals surface area contributed by atoms with Gasteiger partial charge in [-0.2, -0.15) is 5.26 Å². The van der Waals surface area contributed by atoms with Crippen LogP contribution >= 0.6 is 0 Å². The van der Waals surface area contributed by atoms with Crippen molar-refractivity contribution in [1.29, 1.82) is 5.26 Å². The highest BCUT2D eigenvalue weighted by Gasteiger charge is 2.31. The van der Waals surface area contributed by atoms with Crippen molar-refractivity contribution in [3.8, 4) is 6.07 Å². The molecular weight excluding hydrogens is 280 g/mol. The molecule has 0 bridgehead atoms. The van der Waals surface area contributed by atoms with E-state index in [1.807, 2.05) is 11.0 Å². The predicted molar refractivity (Wildman–Crippen MR) is 86.0 cm³/mol. The zero-order valence-corrected chi connectivity index (χ0v) is 13.8. The molecule has 6 nitrogen and oxygen atoms in total. The summed E-state index contributed by atoms with van der Waals surface area (Å²) in [7, 11) is 3.04. The number of hydrogen-bond donors (Lipinski definition) is 0. The lowest BCUT2D eigenvalue weighted by atomic mass is 9.87. The van der Waals surface area contributed by atoms with Crippen LogP contribution in [-0.2, 0) is 14.1 Å². The van der Waals surface area contributed by atoms with E-state index in [9.17, 15) is 14.9 Å². The van der Waals surface area contributed by atoms with Gasteiger partial charge in [-0.3, -0.25) is 13.9 Å². The number of nitriles is 1. The molecule has 0 N–H and O–H groups in total. The molecule has 2 heterocycles. The van der Waals surface area contributed by atoms with E-state index in [0.717, 1.165) is 36.9 Å². The zero-order chi connectivity index (χ0) is 16.4. The lowest BCUT2D eigenvalue weighted by molar-refractivity contribution is 0.338. The molecule has 0 aromatic carbocycles. The van der Waals surface area contributed by atoms with E-state index in [-0.39, 0.29) is 11.3 Å². The van der Waals surface area contributed by atoms with Crippen LogP contribution in [0.3, 0.4) is 0 Å². The average molecular weight is 304 g/mol. The van der Waals surface area contributed by atoms with Crippen molar-refractivity contribution in [2.24, 2.45) is 25.9 Å². The van der Waals surface area contributed by atoms with E-state index in [4.69, 9.17) is 0 Å². The van der Waals surface area contributed by atoms with Gasteiger partial charge in [0, 0.05) is 27.2 Å². The molecule has 2 rings (SSSR count). The standard InChI is InChI=1S/C16H24N4O2/c1-5-11(6-2)12-7-8-20(10-12)14-13(9-17)15(21)19(4)16(22)18(14)3/h11-12H,5-8,10H2,1-4H3. The first-order valence-corrected chi connectivity index (χ1v) is 7.91. The monoisotopic (exact) mass is 304 g/mol. The molecule has 1 fully saturated rings. The maximum absolute atomic E-state index is 12.2. The Morgan fingerprint density at radius 3 is 2.41 bits per heavy atom. The molecule has 1 aliphatic rings. The van der Waals surface area contributed by atoms with Crippen molar-refractivity contribution in [1.82, 2.24) is 9.13 Å². The molecule has 1 atom stereocenters. The Hall–Kier alpha value is -2.03. The van der Waals surface area contributed by atoms with Crippen molar-refractivity contribution in [3.05, 3.63) is 26.4 Å². The number of anilines is 1. The predicted octanol–water partition coefficient (Wildman–Crippen LogP) is 1.22. The molecule has 1 aromatic heterocycles. The Balaban J connectivity index is 2.45. The smallest absolute Gasteiger partial charge is 0.332 e. The highest BCUT2D eigenvalue weighted by Crippen LogP contribution is 2.31. The van der Waals surface area contributed by atoms with Gasteiger partial charge in [0.25, 0.3) is 5.56 Å². The fraction of sp³-hybridized carbons (Fsp3) is 0.688. The minimum atomic E-state index is -0.508. The van der Waals surface area contributed by atoms with E-state index in [0.29, 0.717) is 17.7 Å². The minimum Gasteiger partial charge on any atom is -0.356 e. The third-order valence-electron chi connectivity index (χ3n) is 4.99. The summed E-state index contributed by atoms with van der Waals surface area (Å²) >= 11 is 0. The molecule has 1 saturated heterocycles. The lowest BCUT2D eigenvalue weighted by Crippen LogP contribution is -2.42. The van der Waals surface area contributed by atoms with Crippen molar-refractivity contribution in [3.63, 3.8) is 0 Å². The third kappa shape index (κ3) is 2.56. The van der Waals surface area contributed by atoms with Crippen LogP contribution in [-0.4, -0.2) is 22.2 Å². The third-order valence-corrected chi connectivity index (χ3v) is 4.99. The Morgan fingerprint density at radius 2 is 1.86 bits per heavy atom. The number of aromatic nitrogens is 2. The van der Waals surface area contributed by atoms with E-state index >= 15 is 0 Å². The van der Waals surface area contributed by atoms with Gasteiger partial charge < -0.3 is 4.90 Å². The largest absolute Gasteiger partial charge is 0.356 e. The summed E-state index contributed by atoms with van der Waals surface area (Å²) in [4.78, 5) is 26.4. The van der Waals surface area contributed by atoms with Gasteiger partial charge in [-0.05, 0) is 18.3 Å². The first kappa shape index (κ1) is 16.3. The van der Waals surface area contributed by atoms with E-state index in [2.05, 4.69) is 13.8 Å². The van der Waals surface area contributed by atoms with Crippen molar-refractivity contribution in [2.45, 2.75) is 33.1 Å². The second kappa shape index (κ2) is 6.39. The molecule has 1 aromatic rings. The second-order valence-electron chi connectivity index (χ2n) is 6.09. The summed E-state index contributed by atoms with van der Waals surface area (Å²) in [6.07, 6.45) is 3.31.